The molecule has 0 atom stereocenters. The summed E-state index contributed by atoms with van der Waals surface area (Å²) < 4.78 is 10.8. The second-order valence-corrected chi connectivity index (χ2v) is 5.11. The summed E-state index contributed by atoms with van der Waals surface area (Å²) in [4.78, 5) is 12.4. The van der Waals surface area contributed by atoms with Gasteiger partial charge in [-0.2, -0.15) is 0 Å². The fourth-order valence-electron chi connectivity index (χ4n) is 2.00. The van der Waals surface area contributed by atoms with Crippen LogP contribution in [-0.2, 0) is 0 Å². The van der Waals surface area contributed by atoms with Crippen molar-refractivity contribution in [3.8, 4) is 11.5 Å². The second kappa shape index (κ2) is 6.85. The number of methoxy groups -OCH3 is 1. The van der Waals surface area contributed by atoms with E-state index in [1.165, 1.54) is 7.11 Å². The summed E-state index contributed by atoms with van der Waals surface area (Å²) in [6.45, 7) is 3.87. The summed E-state index contributed by atoms with van der Waals surface area (Å²) in [5, 5.41) is 2.80. The second-order valence-electron chi connectivity index (χ2n) is 5.11. The van der Waals surface area contributed by atoms with Crippen molar-refractivity contribution < 1.29 is 14.3 Å². The molecule has 5 nitrogen and oxygen atoms in total. The number of carbonyl (C=O) groups is 1. The van der Waals surface area contributed by atoms with E-state index in [4.69, 9.17) is 15.2 Å². The van der Waals surface area contributed by atoms with Crippen molar-refractivity contribution in [1.29, 1.82) is 0 Å². The van der Waals surface area contributed by atoms with E-state index >= 15 is 0 Å². The van der Waals surface area contributed by atoms with Gasteiger partial charge in [0.25, 0.3) is 5.91 Å². The highest BCUT2D eigenvalue weighted by molar-refractivity contribution is 6.05. The van der Waals surface area contributed by atoms with Gasteiger partial charge in [0.15, 0.2) is 0 Å². The van der Waals surface area contributed by atoms with Crippen molar-refractivity contribution in [3.63, 3.8) is 0 Å². The lowest BCUT2D eigenvalue weighted by atomic mass is 10.2. The lowest BCUT2D eigenvalue weighted by Crippen LogP contribution is -2.13. The zero-order chi connectivity index (χ0) is 16.1. The number of hydrogen-bond acceptors (Lipinski definition) is 4. The minimum Gasteiger partial charge on any atom is -0.495 e. The molecule has 0 fully saturated rings. The lowest BCUT2D eigenvalue weighted by Gasteiger charge is -2.13. The number of anilines is 2. The number of carbonyl (C=O) groups excluding carboxylic acids is 1. The Bertz CT molecular complexity index is 669. The summed E-state index contributed by atoms with van der Waals surface area (Å²) in [5.41, 5.74) is 7.33. The van der Waals surface area contributed by atoms with Gasteiger partial charge >= 0.3 is 0 Å². The first-order valence-corrected chi connectivity index (χ1v) is 7.01. The molecule has 0 aliphatic heterocycles. The van der Waals surface area contributed by atoms with Gasteiger partial charge in [-0.05, 0) is 50.2 Å². The molecular formula is C17H20N2O3. The third kappa shape index (κ3) is 3.91. The molecule has 0 aliphatic carbocycles. The van der Waals surface area contributed by atoms with Gasteiger partial charge in [0.2, 0.25) is 0 Å². The van der Waals surface area contributed by atoms with Crippen LogP contribution in [0.1, 0.15) is 24.2 Å². The van der Waals surface area contributed by atoms with Crippen molar-refractivity contribution in [1.82, 2.24) is 0 Å². The molecule has 0 spiro atoms. The first-order chi connectivity index (χ1) is 10.5. The van der Waals surface area contributed by atoms with Crippen LogP contribution in [0.15, 0.2) is 42.5 Å². The highest BCUT2D eigenvalue weighted by atomic mass is 16.5. The molecule has 0 bridgehead atoms. The number of nitrogens with two attached hydrogens (primary N) is 1. The first kappa shape index (κ1) is 15.7. The summed E-state index contributed by atoms with van der Waals surface area (Å²) in [6, 6.07) is 12.1. The standard InChI is InChI=1S/C17H20N2O3/c1-11(2)22-14-6-4-5-12(9-14)17(20)19-15-10-13(18)7-8-16(15)21-3/h4-11H,18H2,1-3H3,(H,19,20). The Kier molecular flexibility index (Phi) is 4.88. The molecular weight excluding hydrogens is 280 g/mol. The van der Waals surface area contributed by atoms with Gasteiger partial charge in [0.1, 0.15) is 11.5 Å². The number of hydrogen-bond donors (Lipinski definition) is 2. The van der Waals surface area contributed by atoms with Gasteiger partial charge in [0.05, 0.1) is 18.9 Å². The van der Waals surface area contributed by atoms with E-state index in [1.807, 2.05) is 19.9 Å². The SMILES string of the molecule is COc1ccc(N)cc1NC(=O)c1cccc(OC(C)C)c1. The quantitative estimate of drug-likeness (QED) is 0.831. The number of benzene rings is 2. The summed E-state index contributed by atoms with van der Waals surface area (Å²) in [5.74, 6) is 0.956. The van der Waals surface area contributed by atoms with E-state index in [2.05, 4.69) is 5.32 Å². The van der Waals surface area contributed by atoms with Crippen LogP contribution in [0.25, 0.3) is 0 Å². The van der Waals surface area contributed by atoms with Crippen LogP contribution in [0, 0.1) is 0 Å². The molecule has 2 aromatic carbocycles. The lowest BCUT2D eigenvalue weighted by molar-refractivity contribution is 0.102. The van der Waals surface area contributed by atoms with Crippen molar-refractivity contribution in [3.05, 3.63) is 48.0 Å². The minimum atomic E-state index is -0.252. The average molecular weight is 300 g/mol. The van der Waals surface area contributed by atoms with Crippen LogP contribution in [0.2, 0.25) is 0 Å². The van der Waals surface area contributed by atoms with Gasteiger partial charge < -0.3 is 20.5 Å². The minimum absolute atomic E-state index is 0.0485. The molecule has 0 heterocycles. The van der Waals surface area contributed by atoms with E-state index in [1.54, 1.807) is 36.4 Å². The monoisotopic (exact) mass is 300 g/mol. The van der Waals surface area contributed by atoms with Crippen LogP contribution in [0.4, 0.5) is 11.4 Å². The van der Waals surface area contributed by atoms with E-state index < -0.39 is 0 Å². The van der Waals surface area contributed by atoms with Gasteiger partial charge in [-0.15, -0.1) is 0 Å². The van der Waals surface area contributed by atoms with Crippen molar-refractivity contribution in [2.45, 2.75) is 20.0 Å². The van der Waals surface area contributed by atoms with Crippen LogP contribution in [0.3, 0.4) is 0 Å². The van der Waals surface area contributed by atoms with Crippen molar-refractivity contribution in [2.75, 3.05) is 18.2 Å². The number of nitrogen functional groups attached to an aromatic ring is 1. The predicted molar refractivity (Wildman–Crippen MR) is 87.6 cm³/mol. The summed E-state index contributed by atoms with van der Waals surface area (Å²) >= 11 is 0. The smallest absolute Gasteiger partial charge is 0.255 e. The van der Waals surface area contributed by atoms with Gasteiger partial charge in [-0.3, -0.25) is 4.79 Å². The van der Waals surface area contributed by atoms with Gasteiger partial charge in [0, 0.05) is 11.3 Å². The predicted octanol–water partition coefficient (Wildman–Crippen LogP) is 3.32. The molecule has 0 saturated heterocycles. The molecule has 1 amide bonds. The highest BCUT2D eigenvalue weighted by Gasteiger charge is 2.11. The molecule has 116 valence electrons. The first-order valence-electron chi connectivity index (χ1n) is 7.01. The number of nitrogens with one attached hydrogen (secondary N) is 1. The molecule has 22 heavy (non-hydrogen) atoms. The number of amides is 1. The third-order valence-electron chi connectivity index (χ3n) is 2.94. The van der Waals surface area contributed by atoms with Gasteiger partial charge in [-0.1, -0.05) is 6.07 Å². The zero-order valence-electron chi connectivity index (χ0n) is 12.9. The van der Waals surface area contributed by atoms with Crippen molar-refractivity contribution >= 4 is 17.3 Å². The average Bonchev–Trinajstić information content (AvgIpc) is 2.47. The van der Waals surface area contributed by atoms with E-state index in [-0.39, 0.29) is 12.0 Å². The third-order valence-corrected chi connectivity index (χ3v) is 2.94. The molecule has 0 unspecified atom stereocenters. The molecule has 0 saturated carbocycles. The van der Waals surface area contributed by atoms with E-state index in [9.17, 15) is 4.79 Å². The number of rotatable bonds is 5. The molecule has 0 aliphatic rings. The topological polar surface area (TPSA) is 73.6 Å². The normalized spacial score (nSPS) is 10.4. The Morgan fingerprint density at radius 2 is 1.95 bits per heavy atom. The van der Waals surface area contributed by atoms with Crippen LogP contribution in [0.5, 0.6) is 11.5 Å². The van der Waals surface area contributed by atoms with Crippen LogP contribution in [-0.4, -0.2) is 19.1 Å². The Morgan fingerprint density at radius 1 is 1.18 bits per heavy atom. The maximum absolute atomic E-state index is 12.4. The fourth-order valence-corrected chi connectivity index (χ4v) is 2.00. The maximum Gasteiger partial charge on any atom is 0.255 e. The summed E-state index contributed by atoms with van der Waals surface area (Å²) in [7, 11) is 1.54. The molecule has 2 aromatic rings. The zero-order valence-corrected chi connectivity index (χ0v) is 12.9. The van der Waals surface area contributed by atoms with Crippen LogP contribution < -0.4 is 20.5 Å². The molecule has 0 radical (unpaired) electrons. The molecule has 2 rings (SSSR count). The Hall–Kier alpha value is -2.69. The molecule has 5 heteroatoms. The molecule has 3 N–H and O–H groups in total. The molecule has 0 aromatic heterocycles. The Labute approximate surface area is 130 Å². The Morgan fingerprint density at radius 3 is 2.64 bits per heavy atom. The largest absolute Gasteiger partial charge is 0.495 e. The van der Waals surface area contributed by atoms with Gasteiger partial charge in [-0.25, -0.2) is 0 Å². The Balaban J connectivity index is 2.20. The highest BCUT2D eigenvalue weighted by Crippen LogP contribution is 2.27. The van der Waals surface area contributed by atoms with Crippen molar-refractivity contribution in [2.24, 2.45) is 0 Å². The van der Waals surface area contributed by atoms with Crippen LogP contribution >= 0.6 is 0 Å². The van der Waals surface area contributed by atoms with E-state index in [0.29, 0.717) is 28.4 Å². The number of ether oxygens (including phenoxy) is 2. The fraction of sp³-hybridized carbons (Fsp3) is 0.235. The maximum atomic E-state index is 12.4. The summed E-state index contributed by atoms with van der Waals surface area (Å²) in [6.07, 6.45) is 0.0485. The van der Waals surface area contributed by atoms with E-state index in [0.717, 1.165) is 0 Å².